The molecule has 0 aliphatic rings. The number of benzene rings is 2. The number of aromatic amines is 1. The van der Waals surface area contributed by atoms with Gasteiger partial charge in [0.15, 0.2) is 0 Å². The van der Waals surface area contributed by atoms with Crippen LogP contribution < -0.4 is 10.2 Å². The molecule has 2 aromatic carbocycles. The predicted molar refractivity (Wildman–Crippen MR) is 78.1 cm³/mol. The number of aryl methyl sites for hydroxylation is 2. The molecule has 0 amide bonds. The third-order valence-corrected chi connectivity index (χ3v) is 3.71. The van der Waals surface area contributed by atoms with Crippen molar-refractivity contribution in [3.8, 4) is 5.75 Å². The number of rotatable bonds is 1. The van der Waals surface area contributed by atoms with Crippen LogP contribution in [0.3, 0.4) is 0 Å². The van der Waals surface area contributed by atoms with Gasteiger partial charge in [0.05, 0.1) is 23.5 Å². The highest BCUT2D eigenvalue weighted by Crippen LogP contribution is 2.25. The smallest absolute Gasteiger partial charge is 0.200 e. The Hall–Kier alpha value is -2.29. The lowest BCUT2D eigenvalue weighted by atomic mass is 10.0. The highest BCUT2D eigenvalue weighted by Gasteiger charge is 2.11. The summed E-state index contributed by atoms with van der Waals surface area (Å²) in [6.45, 7) is 4.07. The average molecular weight is 253 g/mol. The van der Waals surface area contributed by atoms with E-state index < -0.39 is 0 Å². The summed E-state index contributed by atoms with van der Waals surface area (Å²) in [5, 5.41) is 1.32. The van der Waals surface area contributed by atoms with E-state index in [1.807, 2.05) is 44.2 Å². The van der Waals surface area contributed by atoms with Crippen LogP contribution in [0, 0.1) is 13.8 Å². The van der Waals surface area contributed by atoms with Crippen LogP contribution in [0.5, 0.6) is 5.75 Å². The number of hydrogen-bond donors (Lipinski definition) is 1. The summed E-state index contributed by atoms with van der Waals surface area (Å²) >= 11 is 0. The summed E-state index contributed by atoms with van der Waals surface area (Å²) in [5.74, 6) is 0.610. The lowest BCUT2D eigenvalue weighted by molar-refractivity contribution is 0.419. The minimum absolute atomic E-state index is 0.0179. The number of hydrogen-bond acceptors (Lipinski definition) is 2. The summed E-state index contributed by atoms with van der Waals surface area (Å²) in [7, 11) is 1.58. The first kappa shape index (κ1) is 11.8. The standard InChI is InChI=1S/C16H15NO2/c1-9-7-8-11-15(10(9)2)17-12-5-4-6-13(19-3)14(12)16(11)18/h4-8H,1-3H3,(H,17,18). The first-order chi connectivity index (χ1) is 9.13. The summed E-state index contributed by atoms with van der Waals surface area (Å²) in [6, 6.07) is 9.45. The van der Waals surface area contributed by atoms with E-state index in [0.717, 1.165) is 16.6 Å². The fourth-order valence-corrected chi connectivity index (χ4v) is 2.48. The largest absolute Gasteiger partial charge is 0.496 e. The quantitative estimate of drug-likeness (QED) is 0.676. The van der Waals surface area contributed by atoms with Gasteiger partial charge in [-0.1, -0.05) is 12.1 Å². The Kier molecular flexibility index (Phi) is 2.56. The van der Waals surface area contributed by atoms with Gasteiger partial charge < -0.3 is 9.72 Å². The molecule has 0 aliphatic carbocycles. The van der Waals surface area contributed by atoms with Gasteiger partial charge in [0.25, 0.3) is 0 Å². The number of fused-ring (bicyclic) bond motifs is 2. The highest BCUT2D eigenvalue weighted by molar-refractivity contribution is 5.96. The number of pyridine rings is 1. The van der Waals surface area contributed by atoms with Crippen molar-refractivity contribution >= 4 is 21.8 Å². The van der Waals surface area contributed by atoms with Crippen LogP contribution in [0.1, 0.15) is 11.1 Å². The van der Waals surface area contributed by atoms with Crippen molar-refractivity contribution < 1.29 is 4.74 Å². The van der Waals surface area contributed by atoms with E-state index in [-0.39, 0.29) is 5.43 Å². The van der Waals surface area contributed by atoms with Crippen LogP contribution in [0.25, 0.3) is 21.8 Å². The van der Waals surface area contributed by atoms with Gasteiger partial charge in [-0.2, -0.15) is 0 Å². The zero-order chi connectivity index (χ0) is 13.6. The lowest BCUT2D eigenvalue weighted by Gasteiger charge is -2.09. The Bertz CT molecular complexity index is 847. The van der Waals surface area contributed by atoms with E-state index in [4.69, 9.17) is 4.74 Å². The van der Waals surface area contributed by atoms with Crippen LogP contribution in [-0.4, -0.2) is 12.1 Å². The third kappa shape index (κ3) is 1.62. The molecule has 19 heavy (non-hydrogen) atoms. The van der Waals surface area contributed by atoms with Crippen LogP contribution in [0.15, 0.2) is 35.1 Å². The predicted octanol–water partition coefficient (Wildman–Crippen LogP) is 3.31. The Morgan fingerprint density at radius 3 is 2.63 bits per heavy atom. The molecule has 1 aromatic heterocycles. The van der Waals surface area contributed by atoms with Crippen molar-refractivity contribution in [2.24, 2.45) is 0 Å². The zero-order valence-electron chi connectivity index (χ0n) is 11.2. The minimum Gasteiger partial charge on any atom is -0.496 e. The van der Waals surface area contributed by atoms with Crippen molar-refractivity contribution in [2.45, 2.75) is 13.8 Å². The third-order valence-electron chi connectivity index (χ3n) is 3.71. The lowest BCUT2D eigenvalue weighted by Crippen LogP contribution is -2.07. The van der Waals surface area contributed by atoms with Crippen molar-refractivity contribution in [3.05, 3.63) is 51.7 Å². The molecule has 0 bridgehead atoms. The minimum atomic E-state index is 0.0179. The van der Waals surface area contributed by atoms with E-state index >= 15 is 0 Å². The Morgan fingerprint density at radius 1 is 1.11 bits per heavy atom. The molecule has 3 heteroatoms. The van der Waals surface area contributed by atoms with Gasteiger partial charge in [0.1, 0.15) is 5.75 Å². The van der Waals surface area contributed by atoms with Crippen LogP contribution >= 0.6 is 0 Å². The van der Waals surface area contributed by atoms with Crippen LogP contribution in [-0.2, 0) is 0 Å². The number of aromatic nitrogens is 1. The SMILES string of the molecule is COc1cccc2[nH]c3c(C)c(C)ccc3c(=O)c12. The molecule has 0 saturated carbocycles. The molecular weight excluding hydrogens is 238 g/mol. The van der Waals surface area contributed by atoms with E-state index in [1.54, 1.807) is 7.11 Å². The fraction of sp³-hybridized carbons (Fsp3) is 0.188. The second-order valence-electron chi connectivity index (χ2n) is 4.77. The summed E-state index contributed by atoms with van der Waals surface area (Å²) in [5.41, 5.74) is 4.02. The van der Waals surface area contributed by atoms with Gasteiger partial charge in [-0.3, -0.25) is 4.79 Å². The summed E-state index contributed by atoms with van der Waals surface area (Å²) in [4.78, 5) is 16.0. The second kappa shape index (κ2) is 4.12. The van der Waals surface area contributed by atoms with Gasteiger partial charge in [-0.15, -0.1) is 0 Å². The van der Waals surface area contributed by atoms with Gasteiger partial charge in [-0.25, -0.2) is 0 Å². The Morgan fingerprint density at radius 2 is 1.89 bits per heavy atom. The molecule has 0 atom stereocenters. The van der Waals surface area contributed by atoms with Crippen molar-refractivity contribution in [3.63, 3.8) is 0 Å². The molecule has 1 heterocycles. The molecule has 0 radical (unpaired) electrons. The summed E-state index contributed by atoms with van der Waals surface area (Å²) < 4.78 is 5.29. The number of nitrogens with one attached hydrogen (secondary N) is 1. The Balaban J connectivity index is 2.60. The molecule has 3 aromatic rings. The van der Waals surface area contributed by atoms with E-state index in [2.05, 4.69) is 4.98 Å². The molecule has 0 aliphatic heterocycles. The second-order valence-corrected chi connectivity index (χ2v) is 4.77. The van der Waals surface area contributed by atoms with Gasteiger partial charge in [0.2, 0.25) is 5.43 Å². The van der Waals surface area contributed by atoms with E-state index in [0.29, 0.717) is 16.5 Å². The van der Waals surface area contributed by atoms with Crippen molar-refractivity contribution in [2.75, 3.05) is 7.11 Å². The Labute approximate surface area is 110 Å². The van der Waals surface area contributed by atoms with Crippen LogP contribution in [0.2, 0.25) is 0 Å². The molecule has 3 nitrogen and oxygen atoms in total. The number of H-pyrrole nitrogens is 1. The first-order valence-electron chi connectivity index (χ1n) is 6.22. The maximum Gasteiger partial charge on any atom is 0.200 e. The molecule has 0 unspecified atom stereocenters. The average Bonchev–Trinajstić information content (AvgIpc) is 2.43. The van der Waals surface area contributed by atoms with Crippen LogP contribution in [0.4, 0.5) is 0 Å². The van der Waals surface area contributed by atoms with E-state index in [9.17, 15) is 4.79 Å². The molecule has 1 N–H and O–H groups in total. The maximum absolute atomic E-state index is 12.6. The normalized spacial score (nSPS) is 11.1. The van der Waals surface area contributed by atoms with Gasteiger partial charge in [-0.05, 0) is 43.2 Å². The van der Waals surface area contributed by atoms with Gasteiger partial charge in [0, 0.05) is 5.39 Å². The number of methoxy groups -OCH3 is 1. The van der Waals surface area contributed by atoms with Crippen molar-refractivity contribution in [1.82, 2.24) is 4.98 Å². The van der Waals surface area contributed by atoms with Gasteiger partial charge >= 0.3 is 0 Å². The summed E-state index contributed by atoms with van der Waals surface area (Å²) in [6.07, 6.45) is 0. The highest BCUT2D eigenvalue weighted by atomic mass is 16.5. The molecule has 3 rings (SSSR count). The topological polar surface area (TPSA) is 42.1 Å². The molecule has 0 saturated heterocycles. The molecular formula is C16H15NO2. The van der Waals surface area contributed by atoms with Crippen molar-refractivity contribution in [1.29, 1.82) is 0 Å². The molecule has 0 fully saturated rings. The monoisotopic (exact) mass is 253 g/mol. The zero-order valence-corrected chi connectivity index (χ0v) is 11.2. The fourth-order valence-electron chi connectivity index (χ4n) is 2.48. The van der Waals surface area contributed by atoms with E-state index in [1.165, 1.54) is 5.56 Å². The number of ether oxygens (including phenoxy) is 1. The first-order valence-corrected chi connectivity index (χ1v) is 6.22. The maximum atomic E-state index is 12.6. The molecule has 96 valence electrons. The molecule has 0 spiro atoms.